The minimum atomic E-state index is -4.28. The van der Waals surface area contributed by atoms with Gasteiger partial charge in [0.1, 0.15) is 0 Å². The van der Waals surface area contributed by atoms with Gasteiger partial charge in [-0.15, -0.1) is 0 Å². The molecule has 13 heavy (non-hydrogen) atoms. The van der Waals surface area contributed by atoms with Crippen molar-refractivity contribution >= 4 is 22.7 Å². The monoisotopic (exact) mass is 234 g/mol. The molecule has 0 amide bonds. The minimum Gasteiger partial charge on any atom is -0.772 e. The molecule has 0 radical (unpaired) electrons. The summed E-state index contributed by atoms with van der Waals surface area (Å²) >= 11 is 1.18. The molecule has 0 spiro atoms. The van der Waals surface area contributed by atoms with Crippen LogP contribution in [0.5, 0.6) is 0 Å². The third-order valence-electron chi connectivity index (χ3n) is 1.18. The maximum atomic E-state index is 12.6. The van der Waals surface area contributed by atoms with Gasteiger partial charge in [0.25, 0.3) is 0 Å². The molecule has 3 nitrogen and oxygen atoms in total. The Bertz CT molecular complexity index is 239. The molecule has 0 bridgehead atoms. The molecule has 0 saturated heterocycles. The highest BCUT2D eigenvalue weighted by Gasteiger charge is 2.43. The van der Waals surface area contributed by atoms with Gasteiger partial charge >= 0.3 is 5.38 Å². The Morgan fingerprint density at radius 2 is 2.15 bits per heavy atom. The predicted molar refractivity (Wildman–Crippen MR) is 38.6 cm³/mol. The Hall–Kier alpha value is -0.320. The normalized spacial score (nSPS) is 18.8. The summed E-state index contributed by atoms with van der Waals surface area (Å²) in [7, 11) is 0. The molecule has 0 N–H and O–H groups in total. The largest absolute Gasteiger partial charge is 0.772 e. The third kappa shape index (κ3) is 3.93. The van der Waals surface area contributed by atoms with Gasteiger partial charge in [-0.2, -0.15) is 14.0 Å². The van der Waals surface area contributed by atoms with E-state index >= 15 is 0 Å². The van der Waals surface area contributed by atoms with E-state index in [9.17, 15) is 21.9 Å². The fourth-order valence-electron chi connectivity index (χ4n) is 0.570. The summed E-state index contributed by atoms with van der Waals surface area (Å²) in [6.07, 6.45) is -3.94. The molecule has 76 valence electrons. The zero-order valence-corrected chi connectivity index (χ0v) is 7.62. The van der Waals surface area contributed by atoms with Crippen molar-refractivity contribution in [1.82, 2.24) is 0 Å². The highest BCUT2D eigenvalue weighted by atomic mass is 35.5. The van der Waals surface area contributed by atoms with Gasteiger partial charge in [-0.3, -0.25) is 4.21 Å². The molecule has 8 heteroatoms. The molecule has 0 aliphatic heterocycles. The zero-order chi connectivity index (χ0) is 10.6. The average Bonchev–Trinajstić information content (AvgIpc) is 1.96. The van der Waals surface area contributed by atoms with Gasteiger partial charge in [0.15, 0.2) is 6.17 Å². The van der Waals surface area contributed by atoms with Crippen LogP contribution in [0.15, 0.2) is 0 Å². The number of hydrogen-bond donors (Lipinski definition) is 0. The van der Waals surface area contributed by atoms with Crippen LogP contribution in [0.1, 0.15) is 6.42 Å². The molecule has 0 heterocycles. The summed E-state index contributed by atoms with van der Waals surface area (Å²) in [5.41, 5.74) is 0. The van der Waals surface area contributed by atoms with Crippen molar-refractivity contribution in [3.05, 3.63) is 0 Å². The Morgan fingerprint density at radius 1 is 1.69 bits per heavy atom. The second kappa shape index (κ2) is 4.79. The Morgan fingerprint density at radius 3 is 2.38 bits per heavy atom. The molecule has 3 atom stereocenters. The first-order chi connectivity index (χ1) is 5.80. The van der Waals surface area contributed by atoms with Gasteiger partial charge in [-0.1, -0.05) is 0 Å². The summed E-state index contributed by atoms with van der Waals surface area (Å²) in [4.78, 5) is 0. The Labute approximate surface area is 79.8 Å². The van der Waals surface area contributed by atoms with E-state index in [4.69, 9.17) is 5.26 Å². The van der Waals surface area contributed by atoms with Crippen molar-refractivity contribution < 1.29 is 21.9 Å². The van der Waals surface area contributed by atoms with E-state index in [1.807, 2.05) is 0 Å². The van der Waals surface area contributed by atoms with Gasteiger partial charge in [-0.05, 0) is 22.7 Å². The van der Waals surface area contributed by atoms with Crippen molar-refractivity contribution in [1.29, 1.82) is 5.26 Å². The molecule has 0 aliphatic rings. The van der Waals surface area contributed by atoms with Crippen LogP contribution in [0.4, 0.5) is 13.2 Å². The van der Waals surface area contributed by atoms with Gasteiger partial charge in [0.2, 0.25) is 0 Å². The second-order valence-electron chi connectivity index (χ2n) is 2.10. The van der Waals surface area contributed by atoms with Gasteiger partial charge in [0, 0.05) is 0 Å². The molecule has 0 aliphatic carbocycles. The number of halogens is 4. The van der Waals surface area contributed by atoms with Crippen molar-refractivity contribution in [2.75, 3.05) is 0 Å². The summed E-state index contributed by atoms with van der Waals surface area (Å²) < 4.78 is 57.1. The third-order valence-corrected chi connectivity index (χ3v) is 2.29. The van der Waals surface area contributed by atoms with Gasteiger partial charge in [-0.25, -0.2) is 4.39 Å². The Balaban J connectivity index is 4.58. The molecule has 0 aromatic carbocycles. The van der Waals surface area contributed by atoms with Crippen molar-refractivity contribution in [3.8, 4) is 6.07 Å². The van der Waals surface area contributed by atoms with E-state index in [-0.39, 0.29) is 0 Å². The summed E-state index contributed by atoms with van der Waals surface area (Å²) in [5, 5.41) is 1.65. The van der Waals surface area contributed by atoms with E-state index in [0.29, 0.717) is 0 Å². The van der Waals surface area contributed by atoms with Crippen molar-refractivity contribution in [2.24, 2.45) is 0 Å². The molecule has 0 aromatic rings. The average molecular weight is 235 g/mol. The topological polar surface area (TPSA) is 63.9 Å². The van der Waals surface area contributed by atoms with Gasteiger partial charge in [0.05, 0.1) is 17.7 Å². The van der Waals surface area contributed by atoms with Crippen LogP contribution in [-0.4, -0.2) is 25.6 Å². The van der Waals surface area contributed by atoms with Gasteiger partial charge < -0.3 is 4.55 Å². The molecule has 3 unspecified atom stereocenters. The standard InChI is InChI=1S/C5H5ClF3NO2S/c6-5(8,9)4(7)3(1-2-10)13(11)12/h3-4H,1H2,(H,11,12)/p-1. The van der Waals surface area contributed by atoms with Crippen LogP contribution >= 0.6 is 11.6 Å². The van der Waals surface area contributed by atoms with Crippen LogP contribution in [0.2, 0.25) is 0 Å². The fraction of sp³-hybridized carbons (Fsp3) is 0.800. The number of hydrogen-bond acceptors (Lipinski definition) is 3. The second-order valence-corrected chi connectivity index (χ2v) is 3.73. The summed E-state index contributed by atoms with van der Waals surface area (Å²) in [6, 6.07) is 1.28. The van der Waals surface area contributed by atoms with E-state index < -0.39 is 34.3 Å². The zero-order valence-electron chi connectivity index (χ0n) is 6.05. The number of alkyl halides is 4. The first-order valence-electron chi connectivity index (χ1n) is 2.96. The van der Waals surface area contributed by atoms with Crippen molar-refractivity contribution in [3.63, 3.8) is 0 Å². The molecule has 0 rings (SSSR count). The maximum absolute atomic E-state index is 12.6. The Kier molecular flexibility index (Phi) is 4.67. The first kappa shape index (κ1) is 12.7. The van der Waals surface area contributed by atoms with Crippen LogP contribution < -0.4 is 0 Å². The summed E-state index contributed by atoms with van der Waals surface area (Å²) in [5.74, 6) is 0. The fourth-order valence-corrected chi connectivity index (χ4v) is 1.37. The maximum Gasteiger partial charge on any atom is 0.353 e. The van der Waals surface area contributed by atoms with E-state index in [1.165, 1.54) is 6.07 Å². The molecular formula is C5H4ClF3NO2S-. The highest BCUT2D eigenvalue weighted by Crippen LogP contribution is 2.30. The molecule has 0 saturated carbocycles. The lowest BCUT2D eigenvalue weighted by Gasteiger charge is -2.23. The summed E-state index contributed by atoms with van der Waals surface area (Å²) in [6.45, 7) is 0. The van der Waals surface area contributed by atoms with Crippen LogP contribution in [0.3, 0.4) is 0 Å². The lowest BCUT2D eigenvalue weighted by molar-refractivity contribution is 0.00505. The lowest BCUT2D eigenvalue weighted by Crippen LogP contribution is -2.37. The van der Waals surface area contributed by atoms with Crippen LogP contribution in [-0.2, 0) is 11.1 Å². The van der Waals surface area contributed by atoms with Crippen LogP contribution in [0, 0.1) is 11.3 Å². The highest BCUT2D eigenvalue weighted by molar-refractivity contribution is 7.79. The molecular weight excluding hydrogens is 231 g/mol. The molecule has 0 aromatic heterocycles. The van der Waals surface area contributed by atoms with Crippen LogP contribution in [0.25, 0.3) is 0 Å². The number of rotatable bonds is 4. The lowest BCUT2D eigenvalue weighted by atomic mass is 10.2. The SMILES string of the molecule is N#CCC(C(F)C(F)(F)Cl)S(=O)[O-]. The smallest absolute Gasteiger partial charge is 0.353 e. The number of nitrogens with zero attached hydrogens (tertiary/aromatic N) is 1. The van der Waals surface area contributed by atoms with E-state index in [1.54, 1.807) is 0 Å². The van der Waals surface area contributed by atoms with E-state index in [2.05, 4.69) is 11.6 Å². The molecule has 0 fully saturated rings. The first-order valence-corrected chi connectivity index (χ1v) is 4.48. The predicted octanol–water partition coefficient (Wildman–Crippen LogP) is 1.32. The van der Waals surface area contributed by atoms with Crippen molar-refractivity contribution in [2.45, 2.75) is 23.2 Å². The van der Waals surface area contributed by atoms with E-state index in [0.717, 1.165) is 0 Å². The minimum absolute atomic E-state index is 0.862. The number of nitriles is 1. The quantitative estimate of drug-likeness (QED) is 0.544.